The van der Waals surface area contributed by atoms with Crippen molar-refractivity contribution < 1.29 is 4.79 Å². The molecule has 4 bridgehead atoms. The third-order valence-electron chi connectivity index (χ3n) is 7.83. The summed E-state index contributed by atoms with van der Waals surface area (Å²) in [5.74, 6) is 2.76. The van der Waals surface area contributed by atoms with Crippen molar-refractivity contribution in [1.29, 1.82) is 0 Å². The summed E-state index contributed by atoms with van der Waals surface area (Å²) in [6.07, 6.45) is 8.73. The number of amides is 1. The molecule has 0 spiro atoms. The molecule has 5 aliphatic rings. The van der Waals surface area contributed by atoms with Gasteiger partial charge in [-0.05, 0) is 80.6 Å². The number of hydrogen-bond donors (Lipinski definition) is 0. The third kappa shape index (κ3) is 2.04. The summed E-state index contributed by atoms with van der Waals surface area (Å²) in [6.45, 7) is 2.11. The quantitative estimate of drug-likeness (QED) is 0.811. The van der Waals surface area contributed by atoms with Crippen LogP contribution in [0.15, 0.2) is 35.4 Å². The predicted octanol–water partition coefficient (Wildman–Crippen LogP) is 4.28. The van der Waals surface area contributed by atoms with E-state index < -0.39 is 5.41 Å². The van der Waals surface area contributed by atoms with Crippen LogP contribution in [0.1, 0.15) is 51.0 Å². The van der Waals surface area contributed by atoms with Crippen LogP contribution in [0.5, 0.6) is 0 Å². The number of hydrogen-bond acceptors (Lipinski definition) is 2. The summed E-state index contributed by atoms with van der Waals surface area (Å²) in [5.41, 5.74) is 2.05. The molecule has 3 nitrogen and oxygen atoms in total. The first-order valence-electron chi connectivity index (χ1n) is 9.90. The standard InChI is InChI=1S/C22H28N2O/c1-15-22(20(25)24(2)23-15,14-16-6-4-3-5-7-16)21-11-17-8-18(12-21)10-19(9-17)13-21/h3-7,17-19H,8-14H2,1-2H3. The Morgan fingerprint density at radius 1 is 1.04 bits per heavy atom. The summed E-state index contributed by atoms with van der Waals surface area (Å²) >= 11 is 0. The normalized spacial score (nSPS) is 42.2. The van der Waals surface area contributed by atoms with E-state index in [2.05, 4.69) is 42.4 Å². The number of benzene rings is 1. The minimum absolute atomic E-state index is 0.132. The van der Waals surface area contributed by atoms with E-state index in [1.165, 1.54) is 44.1 Å². The van der Waals surface area contributed by atoms with Gasteiger partial charge >= 0.3 is 0 Å². The average molecular weight is 336 g/mol. The summed E-state index contributed by atoms with van der Waals surface area (Å²) < 4.78 is 0. The zero-order chi connectivity index (χ0) is 17.2. The van der Waals surface area contributed by atoms with Crippen LogP contribution in [0.2, 0.25) is 0 Å². The molecule has 1 aliphatic heterocycles. The average Bonchev–Trinajstić information content (AvgIpc) is 2.79. The van der Waals surface area contributed by atoms with E-state index in [9.17, 15) is 4.79 Å². The van der Waals surface area contributed by atoms with Gasteiger partial charge in [-0.1, -0.05) is 30.3 Å². The fourth-order valence-electron chi connectivity index (χ4n) is 7.32. The Labute approximate surface area is 150 Å². The summed E-state index contributed by atoms with van der Waals surface area (Å²) in [5, 5.41) is 6.31. The minimum Gasteiger partial charge on any atom is -0.272 e. The molecular weight excluding hydrogens is 308 g/mol. The molecule has 4 saturated carbocycles. The van der Waals surface area contributed by atoms with Crippen LogP contribution in [0.3, 0.4) is 0 Å². The highest BCUT2D eigenvalue weighted by Gasteiger charge is 2.66. The molecule has 3 heteroatoms. The zero-order valence-electron chi connectivity index (χ0n) is 15.4. The largest absolute Gasteiger partial charge is 0.272 e. The van der Waals surface area contributed by atoms with Crippen LogP contribution in [0, 0.1) is 28.6 Å². The van der Waals surface area contributed by atoms with Crippen molar-refractivity contribution in [2.75, 3.05) is 7.05 Å². The van der Waals surface area contributed by atoms with Gasteiger partial charge in [-0.2, -0.15) is 5.10 Å². The number of carbonyl (C=O) groups is 1. The van der Waals surface area contributed by atoms with Gasteiger partial charge in [-0.25, -0.2) is 5.01 Å². The lowest BCUT2D eigenvalue weighted by molar-refractivity contribution is -0.155. The topological polar surface area (TPSA) is 32.7 Å². The number of carbonyl (C=O) groups excluding carboxylic acids is 1. The molecule has 132 valence electrons. The summed E-state index contributed by atoms with van der Waals surface area (Å²) in [6, 6.07) is 10.6. The van der Waals surface area contributed by atoms with Gasteiger partial charge in [0.05, 0.1) is 5.71 Å². The first-order valence-corrected chi connectivity index (χ1v) is 9.90. The van der Waals surface area contributed by atoms with Crippen molar-refractivity contribution in [3.63, 3.8) is 0 Å². The van der Waals surface area contributed by atoms with Gasteiger partial charge in [-0.15, -0.1) is 0 Å². The van der Waals surface area contributed by atoms with E-state index in [0.29, 0.717) is 0 Å². The summed E-state index contributed by atoms with van der Waals surface area (Å²) in [4.78, 5) is 13.6. The van der Waals surface area contributed by atoms with E-state index in [4.69, 9.17) is 0 Å². The van der Waals surface area contributed by atoms with E-state index in [1.54, 1.807) is 5.01 Å². The molecular formula is C22H28N2O. The van der Waals surface area contributed by atoms with E-state index in [-0.39, 0.29) is 11.3 Å². The van der Waals surface area contributed by atoms with Crippen LogP contribution < -0.4 is 0 Å². The van der Waals surface area contributed by atoms with E-state index in [1.807, 2.05) is 7.05 Å². The molecule has 1 atom stereocenters. The second-order valence-corrected chi connectivity index (χ2v) is 9.28. The molecule has 0 saturated heterocycles. The Hall–Kier alpha value is -1.64. The van der Waals surface area contributed by atoms with Crippen LogP contribution in [-0.4, -0.2) is 23.7 Å². The smallest absolute Gasteiger partial charge is 0.255 e. The number of rotatable bonds is 3. The first kappa shape index (κ1) is 15.6. The highest BCUT2D eigenvalue weighted by Crippen LogP contribution is 2.68. The first-order chi connectivity index (χ1) is 12.0. The van der Waals surface area contributed by atoms with Crippen LogP contribution in [0.4, 0.5) is 0 Å². The second-order valence-electron chi connectivity index (χ2n) is 9.28. The Kier molecular flexibility index (Phi) is 3.24. The maximum Gasteiger partial charge on any atom is 0.255 e. The van der Waals surface area contributed by atoms with Gasteiger partial charge in [-0.3, -0.25) is 4.79 Å². The third-order valence-corrected chi connectivity index (χ3v) is 7.83. The number of hydrazone groups is 1. The van der Waals surface area contributed by atoms with Crippen LogP contribution >= 0.6 is 0 Å². The molecule has 0 radical (unpaired) electrons. The van der Waals surface area contributed by atoms with Crippen LogP contribution in [0.25, 0.3) is 0 Å². The fourth-order valence-corrected chi connectivity index (χ4v) is 7.32. The second kappa shape index (κ2) is 5.18. The minimum atomic E-state index is -0.418. The molecule has 1 unspecified atom stereocenters. The Balaban J connectivity index is 1.64. The van der Waals surface area contributed by atoms with Gasteiger partial charge in [0.15, 0.2) is 0 Å². The predicted molar refractivity (Wildman–Crippen MR) is 99.1 cm³/mol. The van der Waals surface area contributed by atoms with Gasteiger partial charge < -0.3 is 0 Å². The monoisotopic (exact) mass is 336 g/mol. The zero-order valence-corrected chi connectivity index (χ0v) is 15.4. The maximum absolute atomic E-state index is 13.6. The highest BCUT2D eigenvalue weighted by atomic mass is 16.2. The lowest BCUT2D eigenvalue weighted by Crippen LogP contribution is -2.60. The highest BCUT2D eigenvalue weighted by molar-refractivity contribution is 6.12. The van der Waals surface area contributed by atoms with Crippen molar-refractivity contribution in [2.45, 2.75) is 51.9 Å². The SMILES string of the molecule is CC1=NN(C)C(=O)C1(Cc1ccccc1)C12CC3CC(CC(C3)C1)C2. The van der Waals surface area contributed by atoms with E-state index >= 15 is 0 Å². The fraction of sp³-hybridized carbons (Fsp3) is 0.636. The molecule has 25 heavy (non-hydrogen) atoms. The van der Waals surface area contributed by atoms with Gasteiger partial charge in [0.1, 0.15) is 5.41 Å². The molecule has 0 aromatic heterocycles. The molecule has 1 aromatic rings. The Morgan fingerprint density at radius 2 is 1.60 bits per heavy atom. The molecule has 1 amide bonds. The molecule has 1 heterocycles. The van der Waals surface area contributed by atoms with Crippen LogP contribution in [-0.2, 0) is 11.2 Å². The van der Waals surface area contributed by atoms with Crippen molar-refractivity contribution in [3.8, 4) is 0 Å². The van der Waals surface area contributed by atoms with E-state index in [0.717, 1.165) is 29.9 Å². The Bertz CT molecular complexity index is 702. The lowest BCUT2D eigenvalue weighted by atomic mass is 9.41. The van der Waals surface area contributed by atoms with Crippen molar-refractivity contribution in [1.82, 2.24) is 5.01 Å². The van der Waals surface area contributed by atoms with Crippen molar-refractivity contribution >= 4 is 11.6 Å². The molecule has 4 fully saturated rings. The van der Waals surface area contributed by atoms with Crippen molar-refractivity contribution in [2.24, 2.45) is 33.7 Å². The molecule has 6 rings (SSSR count). The van der Waals surface area contributed by atoms with Gasteiger partial charge in [0, 0.05) is 7.05 Å². The summed E-state index contributed by atoms with van der Waals surface area (Å²) in [7, 11) is 1.85. The molecule has 1 aromatic carbocycles. The van der Waals surface area contributed by atoms with Gasteiger partial charge in [0.25, 0.3) is 5.91 Å². The number of nitrogens with zero attached hydrogens (tertiary/aromatic N) is 2. The maximum atomic E-state index is 13.6. The van der Waals surface area contributed by atoms with Crippen molar-refractivity contribution in [3.05, 3.63) is 35.9 Å². The molecule has 0 N–H and O–H groups in total. The molecule has 4 aliphatic carbocycles. The lowest BCUT2D eigenvalue weighted by Gasteiger charge is -2.62. The Morgan fingerprint density at radius 3 is 2.08 bits per heavy atom. The van der Waals surface area contributed by atoms with Gasteiger partial charge in [0.2, 0.25) is 0 Å².